The Kier molecular flexibility index (Phi) is 5.91. The highest BCUT2D eigenvalue weighted by atomic mass is 32.2. The predicted molar refractivity (Wildman–Crippen MR) is 119 cm³/mol. The fraction of sp³-hybridized carbons (Fsp3) is 0.350. The van der Waals surface area contributed by atoms with E-state index in [4.69, 9.17) is 0 Å². The van der Waals surface area contributed by atoms with Crippen molar-refractivity contribution in [1.29, 1.82) is 0 Å². The number of fused-ring (bicyclic) bond motifs is 1. The van der Waals surface area contributed by atoms with Crippen LogP contribution in [0, 0.1) is 16.0 Å². The Labute approximate surface area is 184 Å². The predicted octanol–water partition coefficient (Wildman–Crippen LogP) is 2.79. The maximum absolute atomic E-state index is 13.2. The van der Waals surface area contributed by atoms with Crippen molar-refractivity contribution >= 4 is 44.8 Å². The number of anilines is 2. The number of sulfonamides is 1. The Bertz CT molecular complexity index is 1110. The van der Waals surface area contributed by atoms with E-state index in [1.54, 1.807) is 24.3 Å². The van der Waals surface area contributed by atoms with Gasteiger partial charge in [-0.3, -0.25) is 14.9 Å². The molecule has 2 aromatic rings. The van der Waals surface area contributed by atoms with E-state index in [0.717, 1.165) is 10.6 Å². The Morgan fingerprint density at radius 2 is 1.77 bits per heavy atom. The number of amides is 1. The number of nitrogens with zero attached hydrogens (tertiary/aromatic N) is 3. The molecule has 164 valence electrons. The van der Waals surface area contributed by atoms with E-state index in [1.807, 2.05) is 11.8 Å². The smallest absolute Gasteiger partial charge is 0.269 e. The number of carbonyl (C=O) groups excluding carboxylic acids is 1. The van der Waals surface area contributed by atoms with Crippen molar-refractivity contribution in [3.63, 3.8) is 0 Å². The molecule has 9 nitrogen and oxygen atoms in total. The minimum absolute atomic E-state index is 0.0211. The zero-order valence-corrected chi connectivity index (χ0v) is 18.5. The van der Waals surface area contributed by atoms with Gasteiger partial charge in [-0.05, 0) is 30.3 Å². The molecule has 2 aliphatic heterocycles. The van der Waals surface area contributed by atoms with E-state index in [0.29, 0.717) is 37.6 Å². The van der Waals surface area contributed by atoms with E-state index in [2.05, 4.69) is 5.32 Å². The van der Waals surface area contributed by atoms with Crippen LogP contribution < -0.4 is 10.2 Å². The van der Waals surface area contributed by atoms with Crippen molar-refractivity contribution in [2.24, 2.45) is 5.92 Å². The van der Waals surface area contributed by atoms with Gasteiger partial charge in [0.15, 0.2) is 0 Å². The first-order chi connectivity index (χ1) is 14.8. The molecule has 0 saturated carbocycles. The molecule has 0 aliphatic carbocycles. The molecule has 31 heavy (non-hydrogen) atoms. The van der Waals surface area contributed by atoms with Crippen molar-refractivity contribution in [3.05, 3.63) is 52.6 Å². The van der Waals surface area contributed by atoms with E-state index < -0.39 is 14.9 Å². The van der Waals surface area contributed by atoms with Crippen molar-refractivity contribution < 1.29 is 18.1 Å². The Hall–Kier alpha value is -2.63. The summed E-state index contributed by atoms with van der Waals surface area (Å²) in [6, 6.07) is 11.1. The van der Waals surface area contributed by atoms with Crippen molar-refractivity contribution in [3.8, 4) is 0 Å². The molecular weight excluding hydrogens is 440 g/mol. The number of benzene rings is 2. The highest BCUT2D eigenvalue weighted by molar-refractivity contribution is 7.99. The molecule has 2 heterocycles. The maximum Gasteiger partial charge on any atom is 0.269 e. The number of piperazine rings is 1. The lowest BCUT2D eigenvalue weighted by Crippen LogP contribution is -2.48. The molecule has 2 aromatic carbocycles. The summed E-state index contributed by atoms with van der Waals surface area (Å²) in [4.78, 5) is 25.5. The maximum atomic E-state index is 13.2. The van der Waals surface area contributed by atoms with Gasteiger partial charge in [0.05, 0.1) is 15.5 Å². The number of nitro groups is 1. The van der Waals surface area contributed by atoms with Gasteiger partial charge >= 0.3 is 0 Å². The van der Waals surface area contributed by atoms with Gasteiger partial charge in [-0.1, -0.05) is 6.92 Å². The van der Waals surface area contributed by atoms with E-state index in [-0.39, 0.29) is 22.4 Å². The summed E-state index contributed by atoms with van der Waals surface area (Å²) in [5, 5.41) is 13.6. The molecule has 0 aromatic heterocycles. The minimum atomic E-state index is -3.71. The number of rotatable bonds is 4. The summed E-state index contributed by atoms with van der Waals surface area (Å²) in [6.45, 7) is 3.40. The van der Waals surface area contributed by atoms with Gasteiger partial charge in [0.1, 0.15) is 0 Å². The normalized spacial score (nSPS) is 20.0. The SMILES string of the molecule is C[C@H]1CSc2ccc(S(=O)(=O)N3CCN(c4ccc([N+](=O)[O-])cc4)CC3)cc2NC1=O. The summed E-state index contributed by atoms with van der Waals surface area (Å²) in [6.07, 6.45) is 0. The summed E-state index contributed by atoms with van der Waals surface area (Å²) in [5.74, 6) is 0.387. The Morgan fingerprint density at radius 3 is 2.42 bits per heavy atom. The lowest BCUT2D eigenvalue weighted by Gasteiger charge is -2.35. The molecule has 4 rings (SSSR count). The Balaban J connectivity index is 1.47. The number of non-ortho nitro benzene ring substituents is 1. The number of hydrogen-bond donors (Lipinski definition) is 1. The van der Waals surface area contributed by atoms with Crippen LogP contribution in [-0.4, -0.2) is 55.5 Å². The second-order valence-electron chi connectivity index (χ2n) is 7.52. The zero-order chi connectivity index (χ0) is 22.2. The van der Waals surface area contributed by atoms with Gasteiger partial charge in [-0.2, -0.15) is 4.31 Å². The average molecular weight is 463 g/mol. The lowest BCUT2D eigenvalue weighted by atomic mass is 10.2. The van der Waals surface area contributed by atoms with E-state index in [1.165, 1.54) is 34.3 Å². The molecular formula is C20H22N4O5S2. The van der Waals surface area contributed by atoms with Crippen LogP contribution in [0.15, 0.2) is 52.3 Å². The van der Waals surface area contributed by atoms with Gasteiger partial charge in [-0.15, -0.1) is 11.8 Å². The molecule has 1 atom stereocenters. The second kappa shape index (κ2) is 8.48. The lowest BCUT2D eigenvalue weighted by molar-refractivity contribution is -0.384. The van der Waals surface area contributed by atoms with E-state index in [9.17, 15) is 23.3 Å². The van der Waals surface area contributed by atoms with Crippen LogP contribution in [0.1, 0.15) is 6.92 Å². The second-order valence-corrected chi connectivity index (χ2v) is 10.5. The first kappa shape index (κ1) is 21.6. The molecule has 1 amide bonds. The van der Waals surface area contributed by atoms with Crippen LogP contribution in [0.2, 0.25) is 0 Å². The summed E-state index contributed by atoms with van der Waals surface area (Å²) >= 11 is 1.54. The third kappa shape index (κ3) is 4.39. The average Bonchev–Trinajstić information content (AvgIpc) is 2.91. The monoisotopic (exact) mass is 462 g/mol. The first-order valence-electron chi connectivity index (χ1n) is 9.83. The summed E-state index contributed by atoms with van der Waals surface area (Å²) < 4.78 is 27.8. The summed E-state index contributed by atoms with van der Waals surface area (Å²) in [7, 11) is -3.71. The van der Waals surface area contributed by atoms with Crippen molar-refractivity contribution in [2.75, 3.05) is 42.1 Å². The minimum Gasteiger partial charge on any atom is -0.369 e. The van der Waals surface area contributed by atoms with Gasteiger partial charge in [-0.25, -0.2) is 8.42 Å². The molecule has 1 saturated heterocycles. The largest absolute Gasteiger partial charge is 0.369 e. The van der Waals surface area contributed by atoms with Crippen LogP contribution in [0.3, 0.4) is 0 Å². The number of nitrogens with one attached hydrogen (secondary N) is 1. The highest BCUT2D eigenvalue weighted by Crippen LogP contribution is 2.35. The third-order valence-corrected chi connectivity index (χ3v) is 8.68. The number of thioether (sulfide) groups is 1. The number of nitro benzene ring substituents is 1. The molecule has 1 fully saturated rings. The van der Waals surface area contributed by atoms with Crippen LogP contribution in [-0.2, 0) is 14.8 Å². The zero-order valence-electron chi connectivity index (χ0n) is 16.9. The van der Waals surface area contributed by atoms with Crippen LogP contribution in [0.25, 0.3) is 0 Å². The molecule has 0 unspecified atom stereocenters. The first-order valence-corrected chi connectivity index (χ1v) is 12.3. The molecule has 0 radical (unpaired) electrons. The van der Waals surface area contributed by atoms with Crippen LogP contribution in [0.4, 0.5) is 17.1 Å². The van der Waals surface area contributed by atoms with Gasteiger partial charge in [0.2, 0.25) is 15.9 Å². The molecule has 0 bridgehead atoms. The van der Waals surface area contributed by atoms with Crippen LogP contribution >= 0.6 is 11.8 Å². The topological polar surface area (TPSA) is 113 Å². The van der Waals surface area contributed by atoms with Gasteiger partial charge in [0, 0.05) is 60.6 Å². The van der Waals surface area contributed by atoms with Crippen molar-refractivity contribution in [2.45, 2.75) is 16.7 Å². The molecule has 0 spiro atoms. The third-order valence-electron chi connectivity index (χ3n) is 5.45. The number of hydrogen-bond acceptors (Lipinski definition) is 7. The van der Waals surface area contributed by atoms with Gasteiger partial charge < -0.3 is 10.2 Å². The molecule has 11 heteroatoms. The van der Waals surface area contributed by atoms with Gasteiger partial charge in [0.25, 0.3) is 5.69 Å². The molecule has 2 aliphatic rings. The fourth-order valence-electron chi connectivity index (χ4n) is 3.56. The van der Waals surface area contributed by atoms with E-state index >= 15 is 0 Å². The Morgan fingerprint density at radius 1 is 1.10 bits per heavy atom. The fourth-order valence-corrected chi connectivity index (χ4v) is 6.02. The van der Waals surface area contributed by atoms with Crippen molar-refractivity contribution in [1.82, 2.24) is 4.31 Å². The highest BCUT2D eigenvalue weighted by Gasteiger charge is 2.30. The quantitative estimate of drug-likeness (QED) is 0.549. The summed E-state index contributed by atoms with van der Waals surface area (Å²) in [5.41, 5.74) is 1.37. The standard InChI is InChI=1S/C20H22N4O5S2/c1-14-13-30-19-7-6-17(12-18(19)21-20(14)25)31(28,29)23-10-8-22(9-11-23)15-2-4-16(5-3-15)24(26)27/h2-7,12,14H,8-11,13H2,1H3,(H,21,25)/t14-/m0/s1. The number of carbonyl (C=O) groups is 1. The van der Waals surface area contributed by atoms with Crippen LogP contribution in [0.5, 0.6) is 0 Å². The molecule has 1 N–H and O–H groups in total.